The zero-order chi connectivity index (χ0) is 8.97. The van der Waals surface area contributed by atoms with Crippen LogP contribution in [0.3, 0.4) is 0 Å². The van der Waals surface area contributed by atoms with Crippen molar-refractivity contribution in [3.63, 3.8) is 0 Å². The standard InChI is InChI=1S/C9H7BrO2/c10-8-4-3-7(2-1-5-11)9(12)6-8/h3-4,6,11-12H,5H2. The second kappa shape index (κ2) is 4.15. The number of phenolic OH excluding ortho intramolecular Hbond substituents is 1. The van der Waals surface area contributed by atoms with E-state index in [1.165, 1.54) is 0 Å². The van der Waals surface area contributed by atoms with E-state index in [4.69, 9.17) is 5.11 Å². The fraction of sp³-hybridized carbons (Fsp3) is 0.111. The zero-order valence-electron chi connectivity index (χ0n) is 6.21. The summed E-state index contributed by atoms with van der Waals surface area (Å²) in [7, 11) is 0. The van der Waals surface area contributed by atoms with Crippen molar-refractivity contribution < 1.29 is 10.2 Å². The molecule has 1 rings (SSSR count). The Labute approximate surface area is 79.0 Å². The van der Waals surface area contributed by atoms with Gasteiger partial charge in [-0.3, -0.25) is 0 Å². The highest BCUT2D eigenvalue weighted by atomic mass is 79.9. The molecule has 1 aromatic rings. The smallest absolute Gasteiger partial charge is 0.132 e. The summed E-state index contributed by atoms with van der Waals surface area (Å²) in [6, 6.07) is 5.02. The molecule has 0 atom stereocenters. The third kappa shape index (κ3) is 2.26. The SMILES string of the molecule is OCC#Cc1ccc(Br)cc1O. The third-order valence-corrected chi connectivity index (χ3v) is 1.76. The highest BCUT2D eigenvalue weighted by Crippen LogP contribution is 2.20. The van der Waals surface area contributed by atoms with Crippen molar-refractivity contribution in [2.45, 2.75) is 0 Å². The summed E-state index contributed by atoms with van der Waals surface area (Å²) in [6.45, 7) is -0.199. The second-order valence-electron chi connectivity index (χ2n) is 2.12. The van der Waals surface area contributed by atoms with Crippen LogP contribution in [0.4, 0.5) is 0 Å². The van der Waals surface area contributed by atoms with Gasteiger partial charge in [0.05, 0.1) is 5.56 Å². The minimum Gasteiger partial charge on any atom is -0.507 e. The predicted octanol–water partition coefficient (Wildman–Crippen LogP) is 1.50. The maximum absolute atomic E-state index is 9.30. The van der Waals surface area contributed by atoms with Crippen molar-refractivity contribution in [3.8, 4) is 17.6 Å². The summed E-state index contributed by atoms with van der Waals surface area (Å²) >= 11 is 3.21. The molecule has 0 aliphatic heterocycles. The highest BCUT2D eigenvalue weighted by Gasteiger charge is 1.96. The van der Waals surface area contributed by atoms with Crippen LogP contribution in [0.1, 0.15) is 5.56 Å². The summed E-state index contributed by atoms with van der Waals surface area (Å²) in [4.78, 5) is 0. The Morgan fingerprint density at radius 1 is 1.42 bits per heavy atom. The van der Waals surface area contributed by atoms with Crippen LogP contribution in [0.5, 0.6) is 5.75 Å². The van der Waals surface area contributed by atoms with Crippen LogP contribution in [-0.2, 0) is 0 Å². The Hall–Kier alpha value is -0.980. The highest BCUT2D eigenvalue weighted by molar-refractivity contribution is 9.10. The molecular weight excluding hydrogens is 220 g/mol. The van der Waals surface area contributed by atoms with E-state index in [0.29, 0.717) is 5.56 Å². The van der Waals surface area contributed by atoms with Crippen molar-refractivity contribution in [2.75, 3.05) is 6.61 Å². The molecule has 62 valence electrons. The number of halogens is 1. The van der Waals surface area contributed by atoms with Gasteiger partial charge in [-0.1, -0.05) is 27.8 Å². The summed E-state index contributed by atoms with van der Waals surface area (Å²) in [6.07, 6.45) is 0. The summed E-state index contributed by atoms with van der Waals surface area (Å²) in [5.74, 6) is 5.19. The van der Waals surface area contributed by atoms with Crippen LogP contribution in [0.25, 0.3) is 0 Å². The van der Waals surface area contributed by atoms with Crippen molar-refractivity contribution in [2.24, 2.45) is 0 Å². The Morgan fingerprint density at radius 2 is 2.17 bits per heavy atom. The van der Waals surface area contributed by atoms with Gasteiger partial charge in [-0.15, -0.1) is 0 Å². The van der Waals surface area contributed by atoms with Crippen molar-refractivity contribution >= 4 is 15.9 Å². The van der Waals surface area contributed by atoms with E-state index in [0.717, 1.165) is 4.47 Å². The number of aliphatic hydroxyl groups is 1. The first-order valence-corrected chi connectivity index (χ1v) is 4.11. The van der Waals surface area contributed by atoms with Gasteiger partial charge in [-0.2, -0.15) is 0 Å². The number of hydrogen-bond donors (Lipinski definition) is 2. The summed E-state index contributed by atoms with van der Waals surface area (Å²) in [5.41, 5.74) is 0.521. The van der Waals surface area contributed by atoms with Crippen LogP contribution < -0.4 is 0 Å². The molecule has 0 fully saturated rings. The molecule has 0 radical (unpaired) electrons. The lowest BCUT2D eigenvalue weighted by Gasteiger charge is -1.96. The average Bonchev–Trinajstić information content (AvgIpc) is 2.03. The molecule has 0 amide bonds. The molecule has 0 aromatic heterocycles. The lowest BCUT2D eigenvalue weighted by Crippen LogP contribution is -1.78. The third-order valence-electron chi connectivity index (χ3n) is 1.26. The van der Waals surface area contributed by atoms with Gasteiger partial charge in [0.1, 0.15) is 12.4 Å². The van der Waals surface area contributed by atoms with Crippen LogP contribution in [0, 0.1) is 11.8 Å². The van der Waals surface area contributed by atoms with Crippen molar-refractivity contribution in [1.82, 2.24) is 0 Å². The number of rotatable bonds is 0. The average molecular weight is 227 g/mol. The molecule has 2 nitrogen and oxygen atoms in total. The van der Waals surface area contributed by atoms with Gasteiger partial charge in [-0.05, 0) is 18.2 Å². The topological polar surface area (TPSA) is 40.5 Å². The maximum atomic E-state index is 9.30. The molecule has 0 aliphatic carbocycles. The van der Waals surface area contributed by atoms with Crippen molar-refractivity contribution in [1.29, 1.82) is 0 Å². The van der Waals surface area contributed by atoms with Gasteiger partial charge in [0.15, 0.2) is 0 Å². The molecule has 0 aliphatic rings. The van der Waals surface area contributed by atoms with E-state index in [-0.39, 0.29) is 12.4 Å². The van der Waals surface area contributed by atoms with Gasteiger partial charge in [0.25, 0.3) is 0 Å². The van der Waals surface area contributed by atoms with Gasteiger partial charge in [0.2, 0.25) is 0 Å². The van der Waals surface area contributed by atoms with Gasteiger partial charge >= 0.3 is 0 Å². The molecule has 12 heavy (non-hydrogen) atoms. The Morgan fingerprint density at radius 3 is 2.75 bits per heavy atom. The van der Waals surface area contributed by atoms with E-state index < -0.39 is 0 Å². The minimum atomic E-state index is -0.199. The van der Waals surface area contributed by atoms with Gasteiger partial charge < -0.3 is 10.2 Å². The molecule has 0 saturated heterocycles. The number of benzene rings is 1. The number of hydrogen-bond acceptors (Lipinski definition) is 2. The predicted molar refractivity (Wildman–Crippen MR) is 49.8 cm³/mol. The Kier molecular flexibility index (Phi) is 3.15. The van der Waals surface area contributed by atoms with E-state index in [1.54, 1.807) is 18.2 Å². The molecule has 0 saturated carbocycles. The fourth-order valence-electron chi connectivity index (χ4n) is 0.745. The maximum Gasteiger partial charge on any atom is 0.132 e. The van der Waals surface area contributed by atoms with Crippen LogP contribution >= 0.6 is 15.9 Å². The van der Waals surface area contributed by atoms with E-state index in [1.807, 2.05) is 0 Å². The molecule has 0 unspecified atom stereocenters. The first-order valence-electron chi connectivity index (χ1n) is 3.32. The minimum absolute atomic E-state index is 0.116. The normalized spacial score (nSPS) is 8.83. The molecule has 0 bridgehead atoms. The molecule has 0 spiro atoms. The van der Waals surface area contributed by atoms with Crippen LogP contribution in [0.2, 0.25) is 0 Å². The molecule has 2 N–H and O–H groups in total. The van der Waals surface area contributed by atoms with Crippen LogP contribution in [-0.4, -0.2) is 16.8 Å². The zero-order valence-corrected chi connectivity index (χ0v) is 7.80. The van der Waals surface area contributed by atoms with E-state index in [9.17, 15) is 5.11 Å². The summed E-state index contributed by atoms with van der Waals surface area (Å²) < 4.78 is 0.801. The summed E-state index contributed by atoms with van der Waals surface area (Å²) in [5, 5.41) is 17.7. The molecule has 0 heterocycles. The molecule has 3 heteroatoms. The number of phenols is 1. The number of aliphatic hydroxyl groups excluding tert-OH is 1. The van der Waals surface area contributed by atoms with E-state index in [2.05, 4.69) is 27.8 Å². The van der Waals surface area contributed by atoms with Crippen molar-refractivity contribution in [3.05, 3.63) is 28.2 Å². The Bertz CT molecular complexity index is 336. The second-order valence-corrected chi connectivity index (χ2v) is 3.04. The lowest BCUT2D eigenvalue weighted by molar-refractivity contribution is 0.350. The molecular formula is C9H7BrO2. The van der Waals surface area contributed by atoms with Crippen LogP contribution in [0.15, 0.2) is 22.7 Å². The quantitative estimate of drug-likeness (QED) is 0.659. The Balaban J connectivity index is 3.01. The fourth-order valence-corrected chi connectivity index (χ4v) is 1.09. The largest absolute Gasteiger partial charge is 0.507 e. The van der Waals surface area contributed by atoms with Gasteiger partial charge in [0, 0.05) is 4.47 Å². The molecule has 1 aromatic carbocycles. The number of aromatic hydroxyl groups is 1. The first-order chi connectivity index (χ1) is 5.74. The lowest BCUT2D eigenvalue weighted by atomic mass is 10.2. The monoisotopic (exact) mass is 226 g/mol. The van der Waals surface area contributed by atoms with Gasteiger partial charge in [-0.25, -0.2) is 0 Å². The van der Waals surface area contributed by atoms with E-state index >= 15 is 0 Å². The first kappa shape index (κ1) is 9.11.